The summed E-state index contributed by atoms with van der Waals surface area (Å²) in [6.45, 7) is 0.262. The van der Waals surface area contributed by atoms with Crippen molar-refractivity contribution in [1.29, 1.82) is 0 Å². The maximum Gasteiger partial charge on any atom is 0.323 e. The predicted octanol–water partition coefficient (Wildman–Crippen LogP) is 2.27. The van der Waals surface area contributed by atoms with Crippen LogP contribution >= 0.6 is 0 Å². The molecule has 0 bridgehead atoms. The minimum absolute atomic E-state index is 0.194. The van der Waals surface area contributed by atoms with E-state index in [0.717, 1.165) is 11.1 Å². The summed E-state index contributed by atoms with van der Waals surface area (Å²) in [4.78, 5) is 12.1. The summed E-state index contributed by atoms with van der Waals surface area (Å²) < 4.78 is 5.32. The Morgan fingerprint density at radius 2 is 1.86 bits per heavy atom. The fraction of sp³-hybridized carbons (Fsp3) is 0.235. The molecule has 1 atom stereocenters. The summed E-state index contributed by atoms with van der Waals surface area (Å²) in [6, 6.07) is 16.0. The molecule has 110 valence electrons. The third-order valence-electron chi connectivity index (χ3n) is 3.21. The lowest BCUT2D eigenvalue weighted by Gasteiger charge is -2.15. The van der Waals surface area contributed by atoms with Crippen molar-refractivity contribution in [2.45, 2.75) is 19.1 Å². The van der Waals surface area contributed by atoms with E-state index in [0.29, 0.717) is 6.42 Å². The highest BCUT2D eigenvalue weighted by atomic mass is 16.5. The summed E-state index contributed by atoms with van der Waals surface area (Å²) in [5.74, 6) is -0.107. The SMILES string of the molecule is CNC(Cc1cccc(O)c1)C(=O)OCc1ccccc1. The summed E-state index contributed by atoms with van der Waals surface area (Å²) in [6.07, 6.45) is 0.471. The number of esters is 1. The van der Waals surface area contributed by atoms with Gasteiger partial charge in [-0.15, -0.1) is 0 Å². The Bertz CT molecular complexity index is 584. The number of carbonyl (C=O) groups is 1. The Balaban J connectivity index is 1.92. The van der Waals surface area contributed by atoms with Crippen molar-refractivity contribution in [3.8, 4) is 5.75 Å². The fourth-order valence-corrected chi connectivity index (χ4v) is 2.05. The molecule has 2 rings (SSSR count). The summed E-state index contributed by atoms with van der Waals surface area (Å²) in [5.41, 5.74) is 1.84. The van der Waals surface area contributed by atoms with E-state index in [1.165, 1.54) is 0 Å². The van der Waals surface area contributed by atoms with Gasteiger partial charge in [0.2, 0.25) is 0 Å². The number of nitrogens with one attached hydrogen (secondary N) is 1. The van der Waals surface area contributed by atoms with Crippen LogP contribution in [0.25, 0.3) is 0 Å². The number of likely N-dealkylation sites (N-methyl/N-ethyl adjacent to an activating group) is 1. The van der Waals surface area contributed by atoms with Crippen LogP contribution in [-0.2, 0) is 22.6 Å². The molecular formula is C17H19NO3. The second-order valence-electron chi connectivity index (χ2n) is 4.81. The van der Waals surface area contributed by atoms with Gasteiger partial charge in [0.15, 0.2) is 0 Å². The molecule has 2 aromatic carbocycles. The molecule has 0 saturated heterocycles. The summed E-state index contributed by atoms with van der Waals surface area (Å²) >= 11 is 0. The number of phenolic OH excluding ortho intramolecular Hbond substituents is 1. The van der Waals surface area contributed by atoms with Gasteiger partial charge in [0.1, 0.15) is 18.4 Å². The topological polar surface area (TPSA) is 58.6 Å². The third-order valence-corrected chi connectivity index (χ3v) is 3.21. The summed E-state index contributed by atoms with van der Waals surface area (Å²) in [5, 5.41) is 12.4. The van der Waals surface area contributed by atoms with Gasteiger partial charge in [0, 0.05) is 0 Å². The second-order valence-corrected chi connectivity index (χ2v) is 4.81. The Kier molecular flexibility index (Phi) is 5.35. The van der Waals surface area contributed by atoms with Gasteiger partial charge in [-0.1, -0.05) is 42.5 Å². The molecule has 1 unspecified atom stereocenters. The molecule has 0 amide bonds. The number of aromatic hydroxyl groups is 1. The highest BCUT2D eigenvalue weighted by molar-refractivity contribution is 5.76. The number of hydrogen-bond acceptors (Lipinski definition) is 4. The minimum Gasteiger partial charge on any atom is -0.508 e. The van der Waals surface area contributed by atoms with Crippen molar-refractivity contribution in [1.82, 2.24) is 5.32 Å². The molecule has 4 nitrogen and oxygen atoms in total. The quantitative estimate of drug-likeness (QED) is 0.799. The van der Waals surface area contributed by atoms with Crippen LogP contribution in [0.15, 0.2) is 54.6 Å². The molecule has 0 saturated carbocycles. The number of phenols is 1. The van der Waals surface area contributed by atoms with Crippen LogP contribution < -0.4 is 5.32 Å². The van der Waals surface area contributed by atoms with Gasteiger partial charge >= 0.3 is 5.97 Å². The van der Waals surface area contributed by atoms with Crippen molar-refractivity contribution in [3.63, 3.8) is 0 Å². The van der Waals surface area contributed by atoms with Crippen molar-refractivity contribution >= 4 is 5.97 Å². The van der Waals surface area contributed by atoms with Crippen LogP contribution in [0.1, 0.15) is 11.1 Å². The van der Waals surface area contributed by atoms with Gasteiger partial charge in [-0.05, 0) is 36.7 Å². The standard InChI is InChI=1S/C17H19NO3/c1-18-16(11-14-8-5-9-15(19)10-14)17(20)21-12-13-6-3-2-4-7-13/h2-10,16,18-19H,11-12H2,1H3. The lowest BCUT2D eigenvalue weighted by Crippen LogP contribution is -2.37. The lowest BCUT2D eigenvalue weighted by molar-refractivity contribution is -0.147. The van der Waals surface area contributed by atoms with Gasteiger partial charge < -0.3 is 15.2 Å². The average Bonchev–Trinajstić information content (AvgIpc) is 2.51. The molecule has 2 N–H and O–H groups in total. The molecule has 0 aliphatic rings. The second kappa shape index (κ2) is 7.45. The van der Waals surface area contributed by atoms with E-state index in [4.69, 9.17) is 4.74 Å². The van der Waals surface area contributed by atoms with Crippen LogP contribution in [0.3, 0.4) is 0 Å². The molecule has 4 heteroatoms. The van der Waals surface area contributed by atoms with Crippen LogP contribution in [0, 0.1) is 0 Å². The number of carbonyl (C=O) groups excluding carboxylic acids is 1. The van der Waals surface area contributed by atoms with Gasteiger partial charge in [-0.2, -0.15) is 0 Å². The first-order valence-electron chi connectivity index (χ1n) is 6.85. The van der Waals surface area contributed by atoms with E-state index in [9.17, 15) is 9.90 Å². The maximum absolute atomic E-state index is 12.1. The molecular weight excluding hydrogens is 266 g/mol. The highest BCUT2D eigenvalue weighted by Gasteiger charge is 2.18. The number of benzene rings is 2. The number of rotatable bonds is 6. The molecule has 0 aliphatic heterocycles. The van der Waals surface area contributed by atoms with Crippen LogP contribution in [0.4, 0.5) is 0 Å². The Labute approximate surface area is 124 Å². The molecule has 0 aromatic heterocycles. The first kappa shape index (κ1) is 15.1. The van der Waals surface area contributed by atoms with Crippen molar-refractivity contribution in [2.75, 3.05) is 7.05 Å². The largest absolute Gasteiger partial charge is 0.508 e. The van der Waals surface area contributed by atoms with E-state index >= 15 is 0 Å². The maximum atomic E-state index is 12.1. The van der Waals surface area contributed by atoms with Gasteiger partial charge in [0.25, 0.3) is 0 Å². The molecule has 0 aliphatic carbocycles. The Hall–Kier alpha value is -2.33. The number of hydrogen-bond donors (Lipinski definition) is 2. The monoisotopic (exact) mass is 285 g/mol. The Morgan fingerprint density at radius 1 is 1.14 bits per heavy atom. The van der Waals surface area contributed by atoms with Crippen molar-refractivity contribution in [3.05, 3.63) is 65.7 Å². The fourth-order valence-electron chi connectivity index (χ4n) is 2.05. The van der Waals surface area contributed by atoms with Gasteiger partial charge in [0.05, 0.1) is 0 Å². The minimum atomic E-state index is -0.435. The first-order valence-corrected chi connectivity index (χ1v) is 6.85. The first-order chi connectivity index (χ1) is 10.2. The van der Waals surface area contributed by atoms with Crippen molar-refractivity contribution < 1.29 is 14.6 Å². The lowest BCUT2D eigenvalue weighted by atomic mass is 10.1. The molecule has 0 radical (unpaired) electrons. The normalized spacial score (nSPS) is 11.9. The van der Waals surface area contributed by atoms with E-state index in [1.807, 2.05) is 36.4 Å². The third kappa shape index (κ3) is 4.61. The predicted molar refractivity (Wildman–Crippen MR) is 80.9 cm³/mol. The number of ether oxygens (including phenoxy) is 1. The van der Waals surface area contributed by atoms with Crippen LogP contribution in [0.5, 0.6) is 5.75 Å². The van der Waals surface area contributed by atoms with E-state index in [2.05, 4.69) is 5.32 Å². The van der Waals surface area contributed by atoms with E-state index in [-0.39, 0.29) is 18.3 Å². The van der Waals surface area contributed by atoms with Gasteiger partial charge in [-0.25, -0.2) is 0 Å². The Morgan fingerprint density at radius 3 is 2.52 bits per heavy atom. The zero-order chi connectivity index (χ0) is 15.1. The van der Waals surface area contributed by atoms with Gasteiger partial charge in [-0.3, -0.25) is 4.79 Å². The molecule has 21 heavy (non-hydrogen) atoms. The summed E-state index contributed by atoms with van der Waals surface area (Å²) in [7, 11) is 1.72. The van der Waals surface area contributed by atoms with Crippen molar-refractivity contribution in [2.24, 2.45) is 0 Å². The van der Waals surface area contributed by atoms with Crippen LogP contribution in [0.2, 0.25) is 0 Å². The zero-order valence-electron chi connectivity index (χ0n) is 12.0. The molecule has 0 fully saturated rings. The van der Waals surface area contributed by atoms with E-state index in [1.54, 1.807) is 25.2 Å². The molecule has 0 heterocycles. The molecule has 0 spiro atoms. The smallest absolute Gasteiger partial charge is 0.323 e. The highest BCUT2D eigenvalue weighted by Crippen LogP contribution is 2.13. The van der Waals surface area contributed by atoms with Crippen LogP contribution in [-0.4, -0.2) is 24.2 Å². The van der Waals surface area contributed by atoms with E-state index < -0.39 is 6.04 Å². The molecule has 2 aromatic rings. The zero-order valence-corrected chi connectivity index (χ0v) is 12.0. The average molecular weight is 285 g/mol.